The fourth-order valence-electron chi connectivity index (χ4n) is 5.49. The summed E-state index contributed by atoms with van der Waals surface area (Å²) in [5.41, 5.74) is 2.38. The Kier molecular flexibility index (Phi) is 8.24. The van der Waals surface area contributed by atoms with E-state index in [4.69, 9.17) is 4.74 Å². The van der Waals surface area contributed by atoms with E-state index in [-0.39, 0.29) is 18.7 Å². The molecule has 1 saturated heterocycles. The van der Waals surface area contributed by atoms with Crippen LogP contribution >= 0.6 is 0 Å². The molecular weight excluding hydrogens is 453 g/mol. The molecule has 1 aliphatic carbocycles. The highest BCUT2D eigenvalue weighted by atomic mass is 19.4. The summed E-state index contributed by atoms with van der Waals surface area (Å²) < 4.78 is 44.2. The molecule has 7 heteroatoms. The summed E-state index contributed by atoms with van der Waals surface area (Å²) in [6.07, 6.45) is 2.77. The van der Waals surface area contributed by atoms with Crippen LogP contribution < -0.4 is 10.2 Å². The van der Waals surface area contributed by atoms with Crippen molar-refractivity contribution in [2.75, 3.05) is 18.0 Å². The van der Waals surface area contributed by atoms with Crippen molar-refractivity contribution >= 4 is 11.8 Å². The summed E-state index contributed by atoms with van der Waals surface area (Å²) in [6.45, 7) is 3.98. The van der Waals surface area contributed by atoms with Gasteiger partial charge in [0.1, 0.15) is 6.61 Å². The predicted molar refractivity (Wildman–Crippen MR) is 131 cm³/mol. The molecule has 0 radical (unpaired) electrons. The highest BCUT2D eigenvalue weighted by Crippen LogP contribution is 2.35. The van der Waals surface area contributed by atoms with Gasteiger partial charge in [0, 0.05) is 24.8 Å². The number of nitrogens with zero attached hydrogens (tertiary/aromatic N) is 1. The fraction of sp³-hybridized carbons (Fsp3) is 0.536. The number of carbonyl (C=O) groups excluding carboxylic acids is 1. The number of ether oxygens (including phenoxy) is 1. The van der Waals surface area contributed by atoms with Crippen molar-refractivity contribution in [2.45, 2.75) is 70.7 Å². The molecule has 2 aromatic carbocycles. The summed E-state index contributed by atoms with van der Waals surface area (Å²) in [6, 6.07) is 13.6. The second-order valence-corrected chi connectivity index (χ2v) is 10.1. The Morgan fingerprint density at radius 3 is 2.43 bits per heavy atom. The van der Waals surface area contributed by atoms with E-state index in [1.54, 1.807) is 12.1 Å². The van der Waals surface area contributed by atoms with E-state index in [0.29, 0.717) is 11.8 Å². The number of alkyl halides is 3. The average molecular weight is 489 g/mol. The van der Waals surface area contributed by atoms with E-state index in [1.807, 2.05) is 31.2 Å². The number of hydrogen-bond acceptors (Lipinski definition) is 3. The number of rotatable bonds is 6. The SMILES string of the molecule is Cc1ccc(COC(=O)N[C@@H]2CCCC[C@H]2C[C@H]2CCCN(c3ccc(C(F)(F)F)cc3)C2)cc1. The molecule has 2 fully saturated rings. The number of anilines is 1. The summed E-state index contributed by atoms with van der Waals surface area (Å²) in [5.74, 6) is 0.857. The number of alkyl carbamates (subject to hydrolysis) is 1. The maximum Gasteiger partial charge on any atom is 0.416 e. The van der Waals surface area contributed by atoms with Gasteiger partial charge < -0.3 is 15.0 Å². The number of hydrogen-bond donors (Lipinski definition) is 1. The van der Waals surface area contributed by atoms with Crippen LogP contribution in [0.25, 0.3) is 0 Å². The van der Waals surface area contributed by atoms with Crippen LogP contribution in [-0.4, -0.2) is 25.2 Å². The molecule has 1 heterocycles. The molecule has 0 bridgehead atoms. The van der Waals surface area contributed by atoms with Gasteiger partial charge in [-0.1, -0.05) is 42.7 Å². The molecule has 1 N–H and O–H groups in total. The van der Waals surface area contributed by atoms with Crippen LogP contribution in [0.2, 0.25) is 0 Å². The lowest BCUT2D eigenvalue weighted by Gasteiger charge is -2.39. The lowest BCUT2D eigenvalue weighted by Crippen LogP contribution is -2.44. The van der Waals surface area contributed by atoms with Gasteiger partial charge in [0.25, 0.3) is 0 Å². The first-order valence-corrected chi connectivity index (χ1v) is 12.7. The van der Waals surface area contributed by atoms with Crippen molar-refractivity contribution in [1.82, 2.24) is 5.32 Å². The second-order valence-electron chi connectivity index (χ2n) is 10.1. The molecule has 1 aliphatic heterocycles. The zero-order valence-corrected chi connectivity index (χ0v) is 20.3. The smallest absolute Gasteiger partial charge is 0.416 e. The topological polar surface area (TPSA) is 41.6 Å². The van der Waals surface area contributed by atoms with Crippen molar-refractivity contribution in [3.8, 4) is 0 Å². The second kappa shape index (κ2) is 11.4. The quantitative estimate of drug-likeness (QED) is 0.471. The maximum atomic E-state index is 12.9. The van der Waals surface area contributed by atoms with Gasteiger partial charge in [-0.3, -0.25) is 0 Å². The summed E-state index contributed by atoms with van der Waals surface area (Å²) in [4.78, 5) is 14.7. The van der Waals surface area contributed by atoms with Crippen LogP contribution in [0.1, 0.15) is 61.6 Å². The molecule has 1 saturated carbocycles. The Morgan fingerprint density at radius 2 is 1.71 bits per heavy atom. The van der Waals surface area contributed by atoms with Gasteiger partial charge in [-0.2, -0.15) is 13.2 Å². The number of halogens is 3. The lowest BCUT2D eigenvalue weighted by molar-refractivity contribution is -0.137. The van der Waals surface area contributed by atoms with Crippen LogP contribution in [0.4, 0.5) is 23.7 Å². The van der Waals surface area contributed by atoms with E-state index in [9.17, 15) is 18.0 Å². The highest BCUT2D eigenvalue weighted by Gasteiger charge is 2.32. The van der Waals surface area contributed by atoms with Gasteiger partial charge in [0.15, 0.2) is 0 Å². The van der Waals surface area contributed by atoms with E-state index >= 15 is 0 Å². The Morgan fingerprint density at radius 1 is 1.00 bits per heavy atom. The Balaban J connectivity index is 1.30. The van der Waals surface area contributed by atoms with Crippen molar-refractivity contribution in [1.29, 1.82) is 0 Å². The van der Waals surface area contributed by atoms with Crippen molar-refractivity contribution in [3.05, 3.63) is 65.2 Å². The standard InChI is InChI=1S/C28H35F3N2O2/c1-20-8-10-21(11-9-20)19-35-27(34)32-26-7-3-2-6-23(26)17-22-5-4-16-33(18-22)25-14-12-24(13-15-25)28(29,30)31/h8-15,22-23,26H,2-7,16-19H2,1H3,(H,32,34)/t22-,23+,26-/m1/s1. The average Bonchev–Trinajstić information content (AvgIpc) is 2.85. The Labute approximate surface area is 205 Å². The zero-order valence-electron chi connectivity index (χ0n) is 20.3. The van der Waals surface area contributed by atoms with Gasteiger partial charge in [0.2, 0.25) is 0 Å². The first-order valence-electron chi connectivity index (χ1n) is 12.7. The largest absolute Gasteiger partial charge is 0.445 e. The monoisotopic (exact) mass is 488 g/mol. The lowest BCUT2D eigenvalue weighted by atomic mass is 9.77. The molecule has 0 unspecified atom stereocenters. The van der Waals surface area contributed by atoms with Gasteiger partial charge in [0.05, 0.1) is 5.56 Å². The predicted octanol–water partition coefficient (Wildman–Crippen LogP) is 7.11. The van der Waals surface area contributed by atoms with Gasteiger partial charge in [-0.05, 0) is 80.7 Å². The third kappa shape index (κ3) is 7.15. The molecule has 4 rings (SSSR count). The molecule has 0 spiro atoms. The molecule has 3 atom stereocenters. The minimum atomic E-state index is -4.31. The molecule has 0 aromatic heterocycles. The summed E-state index contributed by atoms with van der Waals surface area (Å²) >= 11 is 0. The Hall–Kier alpha value is -2.70. The Bertz CT molecular complexity index is 960. The molecule has 190 valence electrons. The van der Waals surface area contributed by atoms with E-state index < -0.39 is 11.7 Å². The number of benzene rings is 2. The van der Waals surface area contributed by atoms with Crippen LogP contribution in [0.15, 0.2) is 48.5 Å². The van der Waals surface area contributed by atoms with Crippen LogP contribution in [0.5, 0.6) is 0 Å². The molecule has 2 aliphatic rings. The number of amides is 1. The van der Waals surface area contributed by atoms with Crippen LogP contribution in [0.3, 0.4) is 0 Å². The minimum absolute atomic E-state index is 0.107. The third-order valence-corrected chi connectivity index (χ3v) is 7.42. The van der Waals surface area contributed by atoms with E-state index in [1.165, 1.54) is 17.7 Å². The fourth-order valence-corrected chi connectivity index (χ4v) is 5.49. The van der Waals surface area contributed by atoms with Crippen molar-refractivity contribution in [2.24, 2.45) is 11.8 Å². The van der Waals surface area contributed by atoms with Gasteiger partial charge in [-0.25, -0.2) is 4.79 Å². The highest BCUT2D eigenvalue weighted by molar-refractivity contribution is 5.67. The maximum absolute atomic E-state index is 12.9. The third-order valence-electron chi connectivity index (χ3n) is 7.42. The minimum Gasteiger partial charge on any atom is -0.445 e. The molecule has 35 heavy (non-hydrogen) atoms. The molecule has 4 nitrogen and oxygen atoms in total. The first kappa shape index (κ1) is 25.4. The van der Waals surface area contributed by atoms with E-state index in [2.05, 4.69) is 10.2 Å². The van der Waals surface area contributed by atoms with Gasteiger partial charge in [-0.15, -0.1) is 0 Å². The molecular formula is C28H35F3N2O2. The van der Waals surface area contributed by atoms with Crippen molar-refractivity contribution < 1.29 is 22.7 Å². The number of carbonyl (C=O) groups is 1. The summed E-state index contributed by atoms with van der Waals surface area (Å²) in [5, 5.41) is 3.12. The number of nitrogens with one attached hydrogen (secondary N) is 1. The summed E-state index contributed by atoms with van der Waals surface area (Å²) in [7, 11) is 0. The van der Waals surface area contributed by atoms with Gasteiger partial charge >= 0.3 is 12.3 Å². The van der Waals surface area contributed by atoms with Crippen molar-refractivity contribution in [3.63, 3.8) is 0 Å². The number of aryl methyl sites for hydroxylation is 1. The number of piperidine rings is 1. The zero-order chi connectivity index (χ0) is 24.8. The van der Waals surface area contributed by atoms with E-state index in [0.717, 1.165) is 69.3 Å². The van der Waals surface area contributed by atoms with Crippen LogP contribution in [0, 0.1) is 18.8 Å². The molecule has 1 amide bonds. The molecule has 2 aromatic rings. The first-order chi connectivity index (χ1) is 16.8. The normalized spacial score (nSPS) is 23.1. The van der Waals surface area contributed by atoms with Crippen LogP contribution in [-0.2, 0) is 17.5 Å².